The average Bonchev–Trinajstić information content (AvgIpc) is 2.37. The summed E-state index contributed by atoms with van der Waals surface area (Å²) >= 11 is 0. The maximum Gasteiger partial charge on any atom is 0.270 e. The van der Waals surface area contributed by atoms with E-state index in [1.807, 2.05) is 0 Å². The minimum Gasteiger partial charge on any atom is -0.384 e. The number of anilines is 1. The van der Waals surface area contributed by atoms with Crippen LogP contribution in [0.15, 0.2) is 18.2 Å². The van der Waals surface area contributed by atoms with Gasteiger partial charge in [0.25, 0.3) is 11.6 Å². The molecule has 21 heavy (non-hydrogen) atoms. The van der Waals surface area contributed by atoms with Crippen molar-refractivity contribution < 1.29 is 9.72 Å². The number of nitrogens with zero attached hydrogens (tertiary/aromatic N) is 1. The Bertz CT molecular complexity index is 519. The molecule has 0 aliphatic rings. The molecule has 1 amide bonds. The lowest BCUT2D eigenvalue weighted by atomic mass is 9.85. The lowest BCUT2D eigenvalue weighted by Crippen LogP contribution is -2.25. The number of nitro benzene ring substituents is 1. The number of nitrogens with two attached hydrogens (primary N) is 1. The summed E-state index contributed by atoms with van der Waals surface area (Å²) in [5.74, 6) is 0.743. The standard InChI is InChI=1S/C15H23N3O3/c1-9(2)13(10(3)4)8-17-14-6-5-11(18(20)21)7-12(14)15(16)19/h5-7,9-10,13,17H,8H2,1-4H3,(H2,16,19). The summed E-state index contributed by atoms with van der Waals surface area (Å²) in [4.78, 5) is 21.7. The highest BCUT2D eigenvalue weighted by Gasteiger charge is 2.19. The van der Waals surface area contributed by atoms with Crippen LogP contribution in [0.3, 0.4) is 0 Å². The van der Waals surface area contributed by atoms with E-state index in [0.29, 0.717) is 30.0 Å². The zero-order valence-corrected chi connectivity index (χ0v) is 12.9. The molecule has 0 heterocycles. The van der Waals surface area contributed by atoms with Gasteiger partial charge >= 0.3 is 0 Å². The van der Waals surface area contributed by atoms with Crippen LogP contribution in [0.4, 0.5) is 11.4 Å². The van der Waals surface area contributed by atoms with Crippen LogP contribution in [-0.4, -0.2) is 17.4 Å². The second-order valence-electron chi connectivity index (χ2n) is 5.88. The molecule has 0 saturated carbocycles. The third kappa shape index (κ3) is 4.44. The van der Waals surface area contributed by atoms with E-state index in [1.165, 1.54) is 18.2 Å². The van der Waals surface area contributed by atoms with Crippen molar-refractivity contribution in [2.75, 3.05) is 11.9 Å². The molecule has 0 saturated heterocycles. The molecule has 3 N–H and O–H groups in total. The first-order valence-corrected chi connectivity index (χ1v) is 7.06. The Morgan fingerprint density at radius 1 is 1.29 bits per heavy atom. The monoisotopic (exact) mass is 293 g/mol. The number of primary amides is 1. The molecule has 0 aromatic heterocycles. The minimum absolute atomic E-state index is 0.140. The minimum atomic E-state index is -0.674. The Balaban J connectivity index is 2.97. The van der Waals surface area contributed by atoms with E-state index in [1.54, 1.807) is 0 Å². The first-order valence-electron chi connectivity index (χ1n) is 7.06. The Labute approximate surface area is 124 Å². The van der Waals surface area contributed by atoms with E-state index < -0.39 is 10.8 Å². The molecule has 0 fully saturated rings. The molecule has 0 bridgehead atoms. The van der Waals surface area contributed by atoms with Crippen molar-refractivity contribution in [2.45, 2.75) is 27.7 Å². The summed E-state index contributed by atoms with van der Waals surface area (Å²) in [6, 6.07) is 4.12. The number of benzene rings is 1. The molecule has 0 radical (unpaired) electrons. The van der Waals surface area contributed by atoms with Crippen LogP contribution in [0.1, 0.15) is 38.1 Å². The third-order valence-electron chi connectivity index (χ3n) is 3.72. The van der Waals surface area contributed by atoms with Gasteiger partial charge in [-0.15, -0.1) is 0 Å². The van der Waals surface area contributed by atoms with Crippen molar-refractivity contribution in [3.05, 3.63) is 33.9 Å². The predicted molar refractivity (Wildman–Crippen MR) is 83.3 cm³/mol. The summed E-state index contributed by atoms with van der Waals surface area (Å²) in [5, 5.41) is 14.0. The number of hydrogen-bond acceptors (Lipinski definition) is 4. The highest BCUT2D eigenvalue weighted by molar-refractivity contribution is 5.99. The Morgan fingerprint density at radius 2 is 1.86 bits per heavy atom. The fourth-order valence-corrected chi connectivity index (χ4v) is 2.47. The predicted octanol–water partition coefficient (Wildman–Crippen LogP) is 3.03. The number of carbonyl (C=O) groups excluding carboxylic acids is 1. The lowest BCUT2D eigenvalue weighted by Gasteiger charge is -2.26. The fraction of sp³-hybridized carbons (Fsp3) is 0.533. The lowest BCUT2D eigenvalue weighted by molar-refractivity contribution is -0.384. The van der Waals surface area contributed by atoms with Crippen LogP contribution in [0.5, 0.6) is 0 Å². The first-order chi connectivity index (χ1) is 9.73. The normalized spacial score (nSPS) is 11.2. The summed E-state index contributed by atoms with van der Waals surface area (Å²) < 4.78 is 0. The molecule has 0 unspecified atom stereocenters. The highest BCUT2D eigenvalue weighted by atomic mass is 16.6. The Hall–Kier alpha value is -2.11. The zero-order valence-electron chi connectivity index (χ0n) is 12.9. The molecule has 1 rings (SSSR count). The molecule has 0 aliphatic carbocycles. The summed E-state index contributed by atoms with van der Waals surface area (Å²) in [6.45, 7) is 9.29. The van der Waals surface area contributed by atoms with E-state index in [0.717, 1.165) is 0 Å². The molecule has 0 atom stereocenters. The Kier molecular flexibility index (Phi) is 5.69. The van der Waals surface area contributed by atoms with Gasteiger partial charge in [0, 0.05) is 24.4 Å². The Morgan fingerprint density at radius 3 is 2.29 bits per heavy atom. The van der Waals surface area contributed by atoms with Crippen molar-refractivity contribution in [1.82, 2.24) is 0 Å². The molecule has 6 nitrogen and oxygen atoms in total. The van der Waals surface area contributed by atoms with E-state index in [-0.39, 0.29) is 11.3 Å². The van der Waals surface area contributed by atoms with Crippen LogP contribution in [-0.2, 0) is 0 Å². The number of nitro groups is 1. The van der Waals surface area contributed by atoms with Gasteiger partial charge in [0.15, 0.2) is 0 Å². The maximum atomic E-state index is 11.5. The summed E-state index contributed by atoms with van der Waals surface area (Å²) in [6.07, 6.45) is 0. The topological polar surface area (TPSA) is 98.3 Å². The van der Waals surface area contributed by atoms with E-state index in [2.05, 4.69) is 33.0 Å². The van der Waals surface area contributed by atoms with Gasteiger partial charge in [-0.05, 0) is 23.8 Å². The number of hydrogen-bond donors (Lipinski definition) is 2. The zero-order chi connectivity index (χ0) is 16.2. The van der Waals surface area contributed by atoms with Gasteiger partial charge in [-0.25, -0.2) is 0 Å². The van der Waals surface area contributed by atoms with Crippen LogP contribution in [0.2, 0.25) is 0 Å². The summed E-state index contributed by atoms with van der Waals surface area (Å²) in [5.41, 5.74) is 5.86. The van der Waals surface area contributed by atoms with Gasteiger partial charge in [0.05, 0.1) is 10.5 Å². The van der Waals surface area contributed by atoms with E-state index >= 15 is 0 Å². The van der Waals surface area contributed by atoms with Crippen LogP contribution in [0.25, 0.3) is 0 Å². The van der Waals surface area contributed by atoms with E-state index in [9.17, 15) is 14.9 Å². The molecule has 0 aliphatic heterocycles. The first kappa shape index (κ1) is 16.9. The number of nitrogens with one attached hydrogen (secondary N) is 1. The molecule has 1 aromatic rings. The largest absolute Gasteiger partial charge is 0.384 e. The second-order valence-corrected chi connectivity index (χ2v) is 5.88. The number of non-ortho nitro benzene ring substituents is 1. The smallest absolute Gasteiger partial charge is 0.270 e. The number of rotatable bonds is 7. The van der Waals surface area contributed by atoms with Crippen molar-refractivity contribution in [3.8, 4) is 0 Å². The third-order valence-corrected chi connectivity index (χ3v) is 3.72. The molecule has 116 valence electrons. The molecule has 6 heteroatoms. The van der Waals surface area contributed by atoms with Crippen LogP contribution >= 0.6 is 0 Å². The average molecular weight is 293 g/mol. The van der Waals surface area contributed by atoms with Crippen LogP contribution < -0.4 is 11.1 Å². The highest BCUT2D eigenvalue weighted by Crippen LogP contribution is 2.25. The summed E-state index contributed by atoms with van der Waals surface area (Å²) in [7, 11) is 0. The van der Waals surface area contributed by atoms with E-state index in [4.69, 9.17) is 5.73 Å². The quantitative estimate of drug-likeness (QED) is 0.596. The van der Waals surface area contributed by atoms with Crippen molar-refractivity contribution in [3.63, 3.8) is 0 Å². The van der Waals surface area contributed by atoms with Gasteiger partial charge in [0.1, 0.15) is 0 Å². The molecule has 0 spiro atoms. The second kappa shape index (κ2) is 7.06. The number of carbonyl (C=O) groups is 1. The van der Waals surface area contributed by atoms with Gasteiger partial charge in [-0.1, -0.05) is 27.7 Å². The molecular weight excluding hydrogens is 270 g/mol. The SMILES string of the molecule is CC(C)C(CNc1ccc([N+](=O)[O-])cc1C(N)=O)C(C)C. The van der Waals surface area contributed by atoms with Gasteiger partial charge in [-0.2, -0.15) is 0 Å². The van der Waals surface area contributed by atoms with Crippen molar-refractivity contribution in [1.29, 1.82) is 0 Å². The van der Waals surface area contributed by atoms with Crippen LogP contribution in [0, 0.1) is 27.9 Å². The molecular formula is C15H23N3O3. The van der Waals surface area contributed by atoms with Gasteiger partial charge < -0.3 is 11.1 Å². The van der Waals surface area contributed by atoms with Gasteiger partial charge in [0.2, 0.25) is 0 Å². The van der Waals surface area contributed by atoms with Crippen molar-refractivity contribution in [2.24, 2.45) is 23.5 Å². The fourth-order valence-electron chi connectivity index (χ4n) is 2.47. The van der Waals surface area contributed by atoms with Gasteiger partial charge in [-0.3, -0.25) is 14.9 Å². The maximum absolute atomic E-state index is 11.5. The number of amides is 1. The molecule has 1 aromatic carbocycles. The van der Waals surface area contributed by atoms with Crippen molar-refractivity contribution >= 4 is 17.3 Å².